The number of hydrogen-bond donors (Lipinski definition) is 1. The van der Waals surface area contributed by atoms with Gasteiger partial charge in [0, 0.05) is 0 Å². The van der Waals surface area contributed by atoms with E-state index in [4.69, 9.17) is 16.3 Å². The molecule has 1 N–H and O–H groups in total. The first kappa shape index (κ1) is 18.8. The molecule has 0 radical (unpaired) electrons. The van der Waals surface area contributed by atoms with Gasteiger partial charge < -0.3 is 10.1 Å². The number of nitrogens with one attached hydrogen (secondary N) is 1. The Morgan fingerprint density at radius 3 is 2.44 bits per heavy atom. The monoisotopic (exact) mass is 371 g/mol. The van der Waals surface area contributed by atoms with Gasteiger partial charge in [0.2, 0.25) is 0 Å². The van der Waals surface area contributed by atoms with Crippen molar-refractivity contribution in [1.82, 2.24) is 0 Å². The van der Waals surface area contributed by atoms with Crippen molar-refractivity contribution in [3.8, 4) is 0 Å². The van der Waals surface area contributed by atoms with Crippen molar-refractivity contribution >= 4 is 29.2 Å². The Balaban J connectivity index is 2.26. The zero-order valence-corrected chi connectivity index (χ0v) is 13.7. The van der Waals surface area contributed by atoms with Crippen molar-refractivity contribution in [3.05, 3.63) is 64.2 Å². The minimum Gasteiger partial charge on any atom is -0.462 e. The summed E-state index contributed by atoms with van der Waals surface area (Å²) in [4.78, 5) is 23.8. The Bertz CT molecular complexity index is 806. The molecule has 2 aromatic carbocycles. The van der Waals surface area contributed by atoms with E-state index in [1.165, 1.54) is 30.3 Å². The van der Waals surface area contributed by atoms with Crippen LogP contribution in [0.4, 0.5) is 18.9 Å². The van der Waals surface area contributed by atoms with Crippen LogP contribution in [0.25, 0.3) is 0 Å². The highest BCUT2D eigenvalue weighted by Crippen LogP contribution is 2.32. The third kappa shape index (κ3) is 4.51. The van der Waals surface area contributed by atoms with Gasteiger partial charge in [0.15, 0.2) is 0 Å². The average Bonchev–Trinajstić information content (AvgIpc) is 2.56. The molecule has 0 aliphatic heterocycles. The van der Waals surface area contributed by atoms with Gasteiger partial charge >= 0.3 is 12.1 Å². The first-order chi connectivity index (χ1) is 11.7. The van der Waals surface area contributed by atoms with Gasteiger partial charge in [0.05, 0.1) is 34.0 Å². The van der Waals surface area contributed by atoms with E-state index in [1.807, 2.05) is 0 Å². The molecule has 0 bridgehead atoms. The lowest BCUT2D eigenvalue weighted by Crippen LogP contribution is -2.19. The molecule has 132 valence electrons. The number of amides is 1. The molecule has 0 aliphatic carbocycles. The third-order valence-corrected chi connectivity index (χ3v) is 3.52. The molecular formula is C17H13ClF3NO3. The number of rotatable bonds is 4. The predicted molar refractivity (Wildman–Crippen MR) is 86.8 cm³/mol. The van der Waals surface area contributed by atoms with Crippen LogP contribution < -0.4 is 5.32 Å². The van der Waals surface area contributed by atoms with Crippen LogP contribution in [-0.4, -0.2) is 18.5 Å². The summed E-state index contributed by atoms with van der Waals surface area (Å²) in [5, 5.41) is 2.32. The van der Waals surface area contributed by atoms with Crippen molar-refractivity contribution in [1.29, 1.82) is 0 Å². The number of anilines is 1. The van der Waals surface area contributed by atoms with Crippen LogP contribution >= 0.6 is 11.6 Å². The van der Waals surface area contributed by atoms with E-state index in [9.17, 15) is 22.8 Å². The molecule has 25 heavy (non-hydrogen) atoms. The van der Waals surface area contributed by atoms with E-state index >= 15 is 0 Å². The molecule has 0 aromatic heterocycles. The molecule has 0 aliphatic rings. The number of esters is 1. The molecule has 0 heterocycles. The van der Waals surface area contributed by atoms with Gasteiger partial charge in [0.25, 0.3) is 5.91 Å². The van der Waals surface area contributed by atoms with Gasteiger partial charge in [-0.2, -0.15) is 13.2 Å². The topological polar surface area (TPSA) is 55.4 Å². The van der Waals surface area contributed by atoms with Crippen LogP contribution in [0.2, 0.25) is 5.02 Å². The summed E-state index contributed by atoms with van der Waals surface area (Å²) in [6.45, 7) is 1.83. The number of carbonyl (C=O) groups is 2. The second-order valence-electron chi connectivity index (χ2n) is 4.91. The molecule has 4 nitrogen and oxygen atoms in total. The van der Waals surface area contributed by atoms with Crippen LogP contribution in [0.3, 0.4) is 0 Å². The van der Waals surface area contributed by atoms with Gasteiger partial charge in [-0.3, -0.25) is 4.79 Å². The van der Waals surface area contributed by atoms with Gasteiger partial charge in [-0.15, -0.1) is 0 Å². The molecule has 0 saturated carbocycles. The lowest BCUT2D eigenvalue weighted by atomic mass is 10.1. The average molecular weight is 372 g/mol. The van der Waals surface area contributed by atoms with Gasteiger partial charge in [0.1, 0.15) is 0 Å². The van der Waals surface area contributed by atoms with E-state index < -0.39 is 29.2 Å². The predicted octanol–water partition coefficient (Wildman–Crippen LogP) is 4.79. The molecule has 0 fully saturated rings. The van der Waals surface area contributed by atoms with E-state index in [2.05, 4.69) is 5.32 Å². The fourth-order valence-electron chi connectivity index (χ4n) is 2.08. The number of carbonyl (C=O) groups excluding carboxylic acids is 2. The Labute approximate surface area is 146 Å². The number of benzene rings is 2. The molecule has 2 aromatic rings. The maximum Gasteiger partial charge on any atom is 0.417 e. The van der Waals surface area contributed by atoms with Gasteiger partial charge in [-0.25, -0.2) is 4.79 Å². The molecule has 0 spiro atoms. The summed E-state index contributed by atoms with van der Waals surface area (Å²) in [6.07, 6.45) is -4.66. The summed E-state index contributed by atoms with van der Waals surface area (Å²) < 4.78 is 43.8. The van der Waals surface area contributed by atoms with Crippen molar-refractivity contribution in [2.45, 2.75) is 13.1 Å². The summed E-state index contributed by atoms with van der Waals surface area (Å²) >= 11 is 5.99. The van der Waals surface area contributed by atoms with Gasteiger partial charge in [-0.05, 0) is 37.3 Å². The summed E-state index contributed by atoms with van der Waals surface area (Å²) in [5.74, 6) is -1.55. The minimum absolute atomic E-state index is 0.00314. The van der Waals surface area contributed by atoms with Crippen LogP contribution in [0.15, 0.2) is 42.5 Å². The largest absolute Gasteiger partial charge is 0.462 e. The van der Waals surface area contributed by atoms with Crippen molar-refractivity contribution in [2.24, 2.45) is 0 Å². The van der Waals surface area contributed by atoms with Crippen molar-refractivity contribution in [2.75, 3.05) is 11.9 Å². The van der Waals surface area contributed by atoms with Crippen LogP contribution in [0.5, 0.6) is 0 Å². The van der Waals surface area contributed by atoms with E-state index in [-0.39, 0.29) is 22.9 Å². The maximum atomic E-state index is 13.0. The number of halogens is 4. The highest BCUT2D eigenvalue weighted by atomic mass is 35.5. The van der Waals surface area contributed by atoms with E-state index in [1.54, 1.807) is 6.92 Å². The van der Waals surface area contributed by atoms with Crippen molar-refractivity contribution < 1.29 is 27.5 Å². The normalized spacial score (nSPS) is 11.1. The fraction of sp³-hybridized carbons (Fsp3) is 0.176. The number of ether oxygens (including phenoxy) is 1. The molecule has 0 saturated heterocycles. The summed E-state index contributed by atoms with van der Waals surface area (Å²) in [5.41, 5.74) is -1.33. The molecule has 0 atom stereocenters. The maximum absolute atomic E-state index is 13.0. The fourth-order valence-corrected chi connectivity index (χ4v) is 2.30. The zero-order chi connectivity index (χ0) is 18.6. The van der Waals surface area contributed by atoms with Gasteiger partial charge in [-0.1, -0.05) is 23.7 Å². The second kappa shape index (κ2) is 7.57. The Hall–Kier alpha value is -2.54. The molecule has 8 heteroatoms. The minimum atomic E-state index is -4.66. The van der Waals surface area contributed by atoms with Crippen LogP contribution in [-0.2, 0) is 10.9 Å². The highest BCUT2D eigenvalue weighted by molar-refractivity contribution is 6.34. The van der Waals surface area contributed by atoms with E-state index in [0.29, 0.717) is 0 Å². The van der Waals surface area contributed by atoms with Crippen molar-refractivity contribution in [3.63, 3.8) is 0 Å². The Morgan fingerprint density at radius 2 is 1.84 bits per heavy atom. The zero-order valence-electron chi connectivity index (χ0n) is 13.0. The highest BCUT2D eigenvalue weighted by Gasteiger charge is 2.34. The molecule has 1 amide bonds. The molecule has 2 rings (SSSR count). The van der Waals surface area contributed by atoms with Crippen LogP contribution in [0.1, 0.15) is 33.2 Å². The standard InChI is InChI=1S/C17H13ClF3NO3/c1-2-25-16(24)10-7-8-14(13(18)9-10)22-15(23)11-5-3-4-6-12(11)17(19,20)21/h3-9H,2H2,1H3,(H,22,23). The Morgan fingerprint density at radius 1 is 1.16 bits per heavy atom. The third-order valence-electron chi connectivity index (χ3n) is 3.21. The smallest absolute Gasteiger partial charge is 0.417 e. The SMILES string of the molecule is CCOC(=O)c1ccc(NC(=O)c2ccccc2C(F)(F)F)c(Cl)c1. The van der Waals surface area contributed by atoms with E-state index in [0.717, 1.165) is 12.1 Å². The quantitative estimate of drug-likeness (QED) is 0.786. The lowest BCUT2D eigenvalue weighted by Gasteiger charge is -2.13. The first-order valence-corrected chi connectivity index (χ1v) is 7.56. The van der Waals surface area contributed by atoms with Crippen LogP contribution in [0, 0.1) is 0 Å². The summed E-state index contributed by atoms with van der Waals surface area (Å²) in [6, 6.07) is 8.36. The first-order valence-electron chi connectivity index (χ1n) is 7.18. The Kier molecular flexibility index (Phi) is 5.69. The molecular weight excluding hydrogens is 359 g/mol. The lowest BCUT2D eigenvalue weighted by molar-refractivity contribution is -0.137. The molecule has 0 unspecified atom stereocenters. The second-order valence-corrected chi connectivity index (χ2v) is 5.32. The summed E-state index contributed by atoms with van der Waals surface area (Å²) in [7, 11) is 0. The number of alkyl halides is 3. The number of hydrogen-bond acceptors (Lipinski definition) is 3.